The summed E-state index contributed by atoms with van der Waals surface area (Å²) in [6.07, 6.45) is 3.45. The summed E-state index contributed by atoms with van der Waals surface area (Å²) in [4.78, 5) is 8.35. The van der Waals surface area contributed by atoms with Gasteiger partial charge >= 0.3 is 0 Å². The number of nitrogens with zero attached hydrogens (tertiary/aromatic N) is 2. The van der Waals surface area contributed by atoms with Gasteiger partial charge in [0, 0.05) is 23.5 Å². The summed E-state index contributed by atoms with van der Waals surface area (Å²) in [7, 11) is 1.59. The van der Waals surface area contributed by atoms with Crippen molar-refractivity contribution in [2.24, 2.45) is 0 Å². The van der Waals surface area contributed by atoms with E-state index in [0.717, 1.165) is 16.8 Å². The molecule has 0 saturated heterocycles. The Labute approximate surface area is 99.1 Å². The van der Waals surface area contributed by atoms with Gasteiger partial charge in [-0.2, -0.15) is 0 Å². The number of pyridine rings is 2. The minimum atomic E-state index is 0.573. The molecule has 0 aromatic carbocycles. The highest BCUT2D eigenvalue weighted by atomic mass is 35.5. The summed E-state index contributed by atoms with van der Waals surface area (Å²) >= 11 is 6.04. The summed E-state index contributed by atoms with van der Waals surface area (Å²) < 4.78 is 5.19. The average molecular weight is 235 g/mol. The Morgan fingerprint density at radius 3 is 2.81 bits per heavy atom. The normalized spacial score (nSPS) is 10.2. The van der Waals surface area contributed by atoms with Crippen molar-refractivity contribution in [2.45, 2.75) is 6.92 Å². The molecule has 0 aliphatic carbocycles. The number of hydrogen-bond donors (Lipinski definition) is 0. The first-order valence-electron chi connectivity index (χ1n) is 4.84. The summed E-state index contributed by atoms with van der Waals surface area (Å²) in [5.74, 6) is 0.573. The maximum Gasteiger partial charge on any atom is 0.221 e. The van der Waals surface area contributed by atoms with E-state index in [4.69, 9.17) is 16.3 Å². The van der Waals surface area contributed by atoms with Gasteiger partial charge < -0.3 is 4.74 Å². The molecule has 0 spiro atoms. The van der Waals surface area contributed by atoms with Gasteiger partial charge in [0.1, 0.15) is 0 Å². The summed E-state index contributed by atoms with van der Waals surface area (Å²) in [6.45, 7) is 1.87. The number of halogens is 1. The molecule has 0 fully saturated rings. The number of rotatable bonds is 2. The van der Waals surface area contributed by atoms with Gasteiger partial charge in [-0.15, -0.1) is 0 Å². The second kappa shape index (κ2) is 4.49. The monoisotopic (exact) mass is 234 g/mol. The molecule has 0 unspecified atom stereocenters. The highest BCUT2D eigenvalue weighted by Crippen LogP contribution is 2.29. The zero-order chi connectivity index (χ0) is 11.5. The molecule has 0 aliphatic heterocycles. The van der Waals surface area contributed by atoms with E-state index < -0.39 is 0 Å². The highest BCUT2D eigenvalue weighted by Gasteiger charge is 2.08. The van der Waals surface area contributed by atoms with Crippen LogP contribution in [0.1, 0.15) is 5.69 Å². The van der Waals surface area contributed by atoms with E-state index in [9.17, 15) is 0 Å². The van der Waals surface area contributed by atoms with Crippen LogP contribution in [0.4, 0.5) is 0 Å². The van der Waals surface area contributed by atoms with Gasteiger partial charge in [-0.1, -0.05) is 11.6 Å². The maximum atomic E-state index is 6.04. The minimum Gasteiger partial charge on any atom is -0.481 e. The quantitative estimate of drug-likeness (QED) is 0.801. The summed E-state index contributed by atoms with van der Waals surface area (Å²) in [5.41, 5.74) is 2.60. The van der Waals surface area contributed by atoms with Crippen LogP contribution in [0.15, 0.2) is 30.6 Å². The highest BCUT2D eigenvalue weighted by molar-refractivity contribution is 6.31. The first kappa shape index (κ1) is 10.9. The fourth-order valence-corrected chi connectivity index (χ4v) is 1.59. The lowest BCUT2D eigenvalue weighted by Crippen LogP contribution is -1.92. The molecule has 0 N–H and O–H groups in total. The second-order valence-electron chi connectivity index (χ2n) is 3.35. The van der Waals surface area contributed by atoms with Crippen LogP contribution in [0, 0.1) is 6.92 Å². The van der Waals surface area contributed by atoms with Gasteiger partial charge in [0.25, 0.3) is 0 Å². The van der Waals surface area contributed by atoms with Gasteiger partial charge in [-0.25, -0.2) is 4.98 Å². The number of hydrogen-bond acceptors (Lipinski definition) is 3. The first-order chi connectivity index (χ1) is 7.72. The van der Waals surface area contributed by atoms with E-state index in [1.165, 1.54) is 0 Å². The van der Waals surface area contributed by atoms with Gasteiger partial charge in [-0.3, -0.25) is 4.98 Å². The standard InChI is InChI=1S/C12H11ClN2O/c1-8-11(13)6-9(7-15-8)10-4-3-5-14-12(10)16-2/h3-7H,1-2H3. The van der Waals surface area contributed by atoms with Crippen molar-refractivity contribution in [1.82, 2.24) is 9.97 Å². The molecule has 16 heavy (non-hydrogen) atoms. The van der Waals surface area contributed by atoms with Gasteiger partial charge in [0.2, 0.25) is 5.88 Å². The lowest BCUT2D eigenvalue weighted by molar-refractivity contribution is 0.399. The largest absolute Gasteiger partial charge is 0.481 e. The molecular weight excluding hydrogens is 224 g/mol. The van der Waals surface area contributed by atoms with Crippen molar-refractivity contribution >= 4 is 11.6 Å². The number of ether oxygens (including phenoxy) is 1. The van der Waals surface area contributed by atoms with E-state index in [2.05, 4.69) is 9.97 Å². The van der Waals surface area contributed by atoms with Crippen molar-refractivity contribution in [3.05, 3.63) is 41.3 Å². The van der Waals surface area contributed by atoms with Crippen LogP contribution in [0.5, 0.6) is 5.88 Å². The van der Waals surface area contributed by atoms with Crippen LogP contribution in [-0.4, -0.2) is 17.1 Å². The van der Waals surface area contributed by atoms with Crippen molar-refractivity contribution < 1.29 is 4.74 Å². The topological polar surface area (TPSA) is 35.0 Å². The molecule has 0 amide bonds. The molecule has 2 rings (SSSR count). The first-order valence-corrected chi connectivity index (χ1v) is 5.21. The number of aromatic nitrogens is 2. The Hall–Kier alpha value is -1.61. The van der Waals surface area contributed by atoms with Crippen LogP contribution < -0.4 is 4.74 Å². The van der Waals surface area contributed by atoms with E-state index >= 15 is 0 Å². The molecule has 2 heterocycles. The summed E-state index contributed by atoms with van der Waals surface area (Å²) in [5, 5.41) is 0.642. The molecule has 82 valence electrons. The Balaban J connectivity index is 2.54. The third-order valence-electron chi connectivity index (χ3n) is 2.30. The lowest BCUT2D eigenvalue weighted by Gasteiger charge is -2.07. The van der Waals surface area contributed by atoms with E-state index in [1.54, 1.807) is 19.5 Å². The second-order valence-corrected chi connectivity index (χ2v) is 3.76. The molecule has 0 aliphatic rings. The Morgan fingerprint density at radius 2 is 2.12 bits per heavy atom. The van der Waals surface area contributed by atoms with Crippen LogP contribution in [-0.2, 0) is 0 Å². The molecule has 2 aromatic rings. The fourth-order valence-electron chi connectivity index (χ4n) is 1.43. The van der Waals surface area contributed by atoms with Crippen molar-refractivity contribution in [3.8, 4) is 17.0 Å². The van der Waals surface area contributed by atoms with Crippen LogP contribution in [0.3, 0.4) is 0 Å². The van der Waals surface area contributed by atoms with E-state index in [-0.39, 0.29) is 0 Å². The van der Waals surface area contributed by atoms with Crippen molar-refractivity contribution in [3.63, 3.8) is 0 Å². The zero-order valence-corrected chi connectivity index (χ0v) is 9.82. The molecule has 0 saturated carbocycles. The third-order valence-corrected chi connectivity index (χ3v) is 2.68. The lowest BCUT2D eigenvalue weighted by atomic mass is 10.1. The number of methoxy groups -OCH3 is 1. The Bertz CT molecular complexity index is 514. The fraction of sp³-hybridized carbons (Fsp3) is 0.167. The maximum absolute atomic E-state index is 6.04. The van der Waals surface area contributed by atoms with Gasteiger partial charge in [-0.05, 0) is 25.1 Å². The van der Waals surface area contributed by atoms with Crippen molar-refractivity contribution in [2.75, 3.05) is 7.11 Å². The van der Waals surface area contributed by atoms with Crippen LogP contribution in [0.25, 0.3) is 11.1 Å². The molecule has 0 radical (unpaired) electrons. The predicted molar refractivity (Wildman–Crippen MR) is 63.8 cm³/mol. The van der Waals surface area contributed by atoms with Crippen LogP contribution in [0.2, 0.25) is 5.02 Å². The van der Waals surface area contributed by atoms with Gasteiger partial charge in [0.05, 0.1) is 17.8 Å². The predicted octanol–water partition coefficient (Wildman–Crippen LogP) is 3.11. The third kappa shape index (κ3) is 1.99. The molecular formula is C12H11ClN2O. The smallest absolute Gasteiger partial charge is 0.221 e. The van der Waals surface area contributed by atoms with Gasteiger partial charge in [0.15, 0.2) is 0 Å². The SMILES string of the molecule is COc1ncccc1-c1cnc(C)c(Cl)c1. The van der Waals surface area contributed by atoms with E-state index in [0.29, 0.717) is 10.9 Å². The summed E-state index contributed by atoms with van der Waals surface area (Å²) in [6, 6.07) is 5.64. The van der Waals surface area contributed by atoms with Crippen LogP contribution >= 0.6 is 11.6 Å². The molecule has 0 atom stereocenters. The minimum absolute atomic E-state index is 0.573. The number of aryl methyl sites for hydroxylation is 1. The molecule has 0 bridgehead atoms. The average Bonchev–Trinajstić information content (AvgIpc) is 2.32. The molecule has 3 nitrogen and oxygen atoms in total. The molecule has 4 heteroatoms. The molecule has 2 aromatic heterocycles. The van der Waals surface area contributed by atoms with Crippen molar-refractivity contribution in [1.29, 1.82) is 0 Å². The van der Waals surface area contributed by atoms with E-state index in [1.807, 2.05) is 25.1 Å². The zero-order valence-electron chi connectivity index (χ0n) is 9.07. The Kier molecular flexibility index (Phi) is 3.06. The Morgan fingerprint density at radius 1 is 1.31 bits per heavy atom.